The Bertz CT molecular complexity index is 1140. The van der Waals surface area contributed by atoms with E-state index in [2.05, 4.69) is 9.72 Å². The van der Waals surface area contributed by atoms with Crippen molar-refractivity contribution in [2.45, 2.75) is 12.6 Å². The molecule has 3 aromatic rings. The van der Waals surface area contributed by atoms with E-state index >= 15 is 0 Å². The fraction of sp³-hybridized carbons (Fsp3) is 0.190. The summed E-state index contributed by atoms with van der Waals surface area (Å²) >= 11 is 0. The van der Waals surface area contributed by atoms with Gasteiger partial charge in [0.15, 0.2) is 5.75 Å². The first-order chi connectivity index (χ1) is 14.6. The van der Waals surface area contributed by atoms with Crippen molar-refractivity contribution in [1.82, 2.24) is 10.3 Å². The number of rotatable bonds is 5. The van der Waals surface area contributed by atoms with E-state index < -0.39 is 41.7 Å². The lowest BCUT2D eigenvalue weighted by Crippen LogP contribution is -2.34. The van der Waals surface area contributed by atoms with Gasteiger partial charge in [-0.05, 0) is 41.8 Å². The smallest absolute Gasteiger partial charge is 0.405 e. The first kappa shape index (κ1) is 22.0. The monoisotopic (exact) mass is 436 g/mol. The van der Waals surface area contributed by atoms with E-state index in [1.54, 1.807) is 17.4 Å². The molecule has 1 aromatic heterocycles. The normalized spacial score (nSPS) is 11.4. The number of aromatic hydroxyl groups is 1. The minimum Gasteiger partial charge on any atom is -0.505 e. The average Bonchev–Trinajstić information content (AvgIpc) is 2.73. The number of pyridine rings is 1. The van der Waals surface area contributed by atoms with Gasteiger partial charge in [0, 0.05) is 17.1 Å². The van der Waals surface area contributed by atoms with Crippen LogP contribution in [0, 0.1) is 5.82 Å². The Morgan fingerprint density at radius 1 is 1.10 bits per heavy atom. The van der Waals surface area contributed by atoms with E-state index in [9.17, 15) is 32.3 Å². The number of carbonyl (C=O) groups is 2. The summed E-state index contributed by atoms with van der Waals surface area (Å²) in [6, 6.07) is 8.07. The molecule has 2 N–H and O–H groups in total. The number of hydrogen-bond donors (Lipinski definition) is 2. The molecule has 0 radical (unpaired) electrons. The molecule has 1 heterocycles. The molecule has 3 rings (SSSR count). The molecule has 0 aliphatic rings. The zero-order chi connectivity index (χ0) is 22.8. The minimum atomic E-state index is -4.64. The number of aromatic nitrogens is 1. The van der Waals surface area contributed by atoms with Gasteiger partial charge in [0.2, 0.25) is 0 Å². The summed E-state index contributed by atoms with van der Waals surface area (Å²) < 4.78 is 55.3. The number of hydrogen-bond acceptors (Lipinski definition) is 5. The standard InChI is InChI=1S/C21H16F4N2O4/c1-31-20(30)16-8-15(19(29)27-10-21(23,24)25)14-7-12(9-26-17(14)18(16)28)6-11-2-4-13(22)5-3-11/h2-5,7-9,28H,6,10H2,1H3,(H,27,29). The predicted molar refractivity (Wildman–Crippen MR) is 102 cm³/mol. The Labute approximate surface area is 173 Å². The molecule has 31 heavy (non-hydrogen) atoms. The van der Waals surface area contributed by atoms with Crippen LogP contribution in [0.2, 0.25) is 0 Å². The lowest BCUT2D eigenvalue weighted by atomic mass is 9.98. The first-order valence-corrected chi connectivity index (χ1v) is 8.91. The number of esters is 1. The number of alkyl halides is 3. The number of carbonyl (C=O) groups excluding carboxylic acids is 2. The van der Waals surface area contributed by atoms with Gasteiger partial charge in [0.1, 0.15) is 23.4 Å². The Kier molecular flexibility index (Phi) is 6.09. The molecule has 10 heteroatoms. The van der Waals surface area contributed by atoms with Crippen molar-refractivity contribution in [3.8, 4) is 5.75 Å². The summed E-state index contributed by atoms with van der Waals surface area (Å²) in [6.07, 6.45) is -2.98. The van der Waals surface area contributed by atoms with Crippen LogP contribution in [0.3, 0.4) is 0 Å². The molecule has 0 bridgehead atoms. The van der Waals surface area contributed by atoms with Crippen LogP contribution in [-0.2, 0) is 11.2 Å². The Hall–Kier alpha value is -3.69. The Morgan fingerprint density at radius 2 is 1.77 bits per heavy atom. The molecule has 162 valence electrons. The average molecular weight is 436 g/mol. The molecular weight excluding hydrogens is 420 g/mol. The third kappa shape index (κ3) is 5.08. The number of halogens is 4. The van der Waals surface area contributed by atoms with Crippen LogP contribution in [0.4, 0.5) is 17.6 Å². The minimum absolute atomic E-state index is 0.0458. The summed E-state index contributed by atoms with van der Waals surface area (Å²) in [5, 5.41) is 12.2. The van der Waals surface area contributed by atoms with Crippen LogP contribution in [0.5, 0.6) is 5.75 Å². The van der Waals surface area contributed by atoms with E-state index in [0.29, 0.717) is 5.56 Å². The summed E-state index contributed by atoms with van der Waals surface area (Å²) in [5.41, 5.74) is 0.426. The molecule has 0 atom stereocenters. The fourth-order valence-electron chi connectivity index (χ4n) is 2.98. The quantitative estimate of drug-likeness (QED) is 0.470. The van der Waals surface area contributed by atoms with Gasteiger partial charge in [0.25, 0.3) is 5.91 Å². The van der Waals surface area contributed by atoms with Crippen LogP contribution in [0.1, 0.15) is 31.8 Å². The molecule has 0 unspecified atom stereocenters. The van der Waals surface area contributed by atoms with Gasteiger partial charge in [-0.1, -0.05) is 12.1 Å². The zero-order valence-electron chi connectivity index (χ0n) is 16.1. The maximum Gasteiger partial charge on any atom is 0.405 e. The summed E-state index contributed by atoms with van der Waals surface area (Å²) in [4.78, 5) is 28.5. The number of amides is 1. The maximum absolute atomic E-state index is 13.1. The van der Waals surface area contributed by atoms with Crippen molar-refractivity contribution in [2.75, 3.05) is 13.7 Å². The van der Waals surface area contributed by atoms with Gasteiger partial charge < -0.3 is 15.2 Å². The Morgan fingerprint density at radius 3 is 2.39 bits per heavy atom. The second-order valence-corrected chi connectivity index (χ2v) is 6.65. The number of fused-ring (bicyclic) bond motifs is 1. The summed E-state index contributed by atoms with van der Waals surface area (Å²) in [7, 11) is 1.05. The van der Waals surface area contributed by atoms with Gasteiger partial charge in [-0.3, -0.25) is 9.78 Å². The number of nitrogens with one attached hydrogen (secondary N) is 1. The molecule has 1 amide bonds. The highest BCUT2D eigenvalue weighted by atomic mass is 19.4. The number of methoxy groups -OCH3 is 1. The van der Waals surface area contributed by atoms with Crippen molar-refractivity contribution >= 4 is 22.8 Å². The van der Waals surface area contributed by atoms with Crippen LogP contribution in [0.25, 0.3) is 10.9 Å². The molecule has 0 aliphatic heterocycles. The number of benzene rings is 2. The van der Waals surface area contributed by atoms with Gasteiger partial charge in [-0.25, -0.2) is 9.18 Å². The van der Waals surface area contributed by atoms with Crippen molar-refractivity contribution < 1.29 is 37.0 Å². The first-order valence-electron chi connectivity index (χ1n) is 8.91. The molecule has 2 aromatic carbocycles. The lowest BCUT2D eigenvalue weighted by Gasteiger charge is -2.14. The second-order valence-electron chi connectivity index (χ2n) is 6.65. The number of phenolic OH excluding ortho intramolecular Hbond substituents is 1. The topological polar surface area (TPSA) is 88.5 Å². The second kappa shape index (κ2) is 8.58. The van der Waals surface area contributed by atoms with E-state index in [4.69, 9.17) is 0 Å². The molecule has 0 saturated heterocycles. The van der Waals surface area contributed by atoms with Gasteiger partial charge in [-0.2, -0.15) is 13.2 Å². The molecule has 0 aliphatic carbocycles. The van der Waals surface area contributed by atoms with Gasteiger partial charge >= 0.3 is 12.1 Å². The lowest BCUT2D eigenvalue weighted by molar-refractivity contribution is -0.123. The van der Waals surface area contributed by atoms with Crippen molar-refractivity contribution in [2.24, 2.45) is 0 Å². The predicted octanol–water partition coefficient (Wildman–Crippen LogP) is 3.75. The molecule has 6 nitrogen and oxygen atoms in total. The van der Waals surface area contributed by atoms with E-state index in [1.165, 1.54) is 24.4 Å². The maximum atomic E-state index is 13.1. The van der Waals surface area contributed by atoms with Gasteiger partial charge in [0.05, 0.1) is 7.11 Å². The third-order valence-electron chi connectivity index (χ3n) is 4.42. The highest BCUT2D eigenvalue weighted by molar-refractivity contribution is 6.11. The Balaban J connectivity index is 2.09. The van der Waals surface area contributed by atoms with Crippen molar-refractivity contribution in [1.29, 1.82) is 0 Å². The highest BCUT2D eigenvalue weighted by Gasteiger charge is 2.29. The number of ether oxygens (including phenoxy) is 1. The molecule has 0 fully saturated rings. The SMILES string of the molecule is COC(=O)c1cc(C(=O)NCC(F)(F)F)c2cc(Cc3ccc(F)cc3)cnc2c1O. The van der Waals surface area contributed by atoms with Crippen LogP contribution in [0.15, 0.2) is 42.6 Å². The third-order valence-corrected chi connectivity index (χ3v) is 4.42. The molecular formula is C21H16F4N2O4. The van der Waals surface area contributed by atoms with Crippen LogP contribution < -0.4 is 5.32 Å². The largest absolute Gasteiger partial charge is 0.505 e. The fourth-order valence-corrected chi connectivity index (χ4v) is 2.98. The summed E-state index contributed by atoms with van der Waals surface area (Å²) in [6.45, 7) is -1.58. The van der Waals surface area contributed by atoms with Crippen LogP contribution >= 0.6 is 0 Å². The van der Waals surface area contributed by atoms with E-state index in [-0.39, 0.29) is 22.9 Å². The van der Waals surface area contributed by atoms with E-state index in [0.717, 1.165) is 18.7 Å². The summed E-state index contributed by atoms with van der Waals surface area (Å²) in [5.74, 6) is -3.07. The van der Waals surface area contributed by atoms with Crippen molar-refractivity contribution in [3.63, 3.8) is 0 Å². The highest BCUT2D eigenvalue weighted by Crippen LogP contribution is 2.32. The number of nitrogens with zero attached hydrogens (tertiary/aromatic N) is 1. The molecule has 0 saturated carbocycles. The van der Waals surface area contributed by atoms with E-state index in [1.807, 2.05) is 0 Å². The van der Waals surface area contributed by atoms with Gasteiger partial charge in [-0.15, -0.1) is 0 Å². The molecule has 0 spiro atoms. The number of phenols is 1. The van der Waals surface area contributed by atoms with Crippen LogP contribution in [-0.4, -0.2) is 41.8 Å². The zero-order valence-corrected chi connectivity index (χ0v) is 16.1. The van der Waals surface area contributed by atoms with Crippen molar-refractivity contribution in [3.05, 3.63) is 70.7 Å².